The van der Waals surface area contributed by atoms with Gasteiger partial charge in [0.25, 0.3) is 0 Å². The molecule has 0 radical (unpaired) electrons. The van der Waals surface area contributed by atoms with Gasteiger partial charge in [-0.2, -0.15) is 0 Å². The van der Waals surface area contributed by atoms with Gasteiger partial charge in [-0.25, -0.2) is 0 Å². The first-order chi connectivity index (χ1) is 8.76. The van der Waals surface area contributed by atoms with E-state index in [-0.39, 0.29) is 0 Å². The number of hydrogen-bond donors (Lipinski definition) is 1. The van der Waals surface area contributed by atoms with Gasteiger partial charge in [0.2, 0.25) is 0 Å². The summed E-state index contributed by atoms with van der Waals surface area (Å²) in [5.41, 5.74) is 2.51. The van der Waals surface area contributed by atoms with Crippen molar-refractivity contribution in [1.82, 2.24) is 0 Å². The summed E-state index contributed by atoms with van der Waals surface area (Å²) in [5, 5.41) is 12.2. The molecule has 0 aliphatic carbocycles. The standard InChI is InChI=1S/C14H19NO3/c1-3-6-17-14-8-11-5-4-7-18-13(11)9-12(14)10(2)15-16/h8-9,16H,3-7H2,1-2H3/b15-10+. The van der Waals surface area contributed by atoms with E-state index in [1.165, 1.54) is 5.56 Å². The number of nitrogens with zero attached hydrogens (tertiary/aromatic N) is 1. The highest BCUT2D eigenvalue weighted by Crippen LogP contribution is 2.32. The molecule has 0 atom stereocenters. The lowest BCUT2D eigenvalue weighted by molar-refractivity contribution is 0.283. The van der Waals surface area contributed by atoms with Crippen molar-refractivity contribution < 1.29 is 14.7 Å². The van der Waals surface area contributed by atoms with Gasteiger partial charge in [-0.3, -0.25) is 0 Å². The van der Waals surface area contributed by atoms with E-state index in [2.05, 4.69) is 12.1 Å². The predicted octanol–water partition coefficient (Wildman–Crippen LogP) is 3.00. The van der Waals surface area contributed by atoms with Crippen molar-refractivity contribution in [3.63, 3.8) is 0 Å². The number of ether oxygens (including phenoxy) is 2. The zero-order valence-electron chi connectivity index (χ0n) is 10.9. The minimum absolute atomic E-state index is 0.540. The van der Waals surface area contributed by atoms with Crippen LogP contribution in [0.3, 0.4) is 0 Å². The summed E-state index contributed by atoms with van der Waals surface area (Å²) in [4.78, 5) is 0. The Morgan fingerprint density at radius 1 is 1.50 bits per heavy atom. The molecule has 18 heavy (non-hydrogen) atoms. The van der Waals surface area contributed by atoms with Crippen LogP contribution in [0, 0.1) is 0 Å². The van der Waals surface area contributed by atoms with E-state index in [0.29, 0.717) is 12.3 Å². The maximum Gasteiger partial charge on any atom is 0.129 e. The van der Waals surface area contributed by atoms with Gasteiger partial charge in [0.15, 0.2) is 0 Å². The second-order valence-corrected chi connectivity index (χ2v) is 4.44. The highest BCUT2D eigenvalue weighted by atomic mass is 16.5. The van der Waals surface area contributed by atoms with Crippen molar-refractivity contribution >= 4 is 5.71 Å². The first-order valence-corrected chi connectivity index (χ1v) is 6.37. The van der Waals surface area contributed by atoms with Crippen molar-refractivity contribution in [2.45, 2.75) is 33.1 Å². The van der Waals surface area contributed by atoms with Gasteiger partial charge in [-0.15, -0.1) is 0 Å². The van der Waals surface area contributed by atoms with E-state index in [1.807, 2.05) is 12.1 Å². The Balaban J connectivity index is 2.40. The number of oxime groups is 1. The summed E-state index contributed by atoms with van der Waals surface area (Å²) in [6.07, 6.45) is 2.99. The van der Waals surface area contributed by atoms with Crippen LogP contribution in [0.1, 0.15) is 37.8 Å². The van der Waals surface area contributed by atoms with Gasteiger partial charge in [-0.1, -0.05) is 12.1 Å². The average Bonchev–Trinajstić information content (AvgIpc) is 2.43. The summed E-state index contributed by atoms with van der Waals surface area (Å²) in [5.74, 6) is 1.65. The van der Waals surface area contributed by atoms with Gasteiger partial charge in [0.1, 0.15) is 11.5 Å². The molecular formula is C14H19NO3. The predicted molar refractivity (Wildman–Crippen MR) is 70.0 cm³/mol. The topological polar surface area (TPSA) is 51.0 Å². The van der Waals surface area contributed by atoms with Crippen LogP contribution in [0.25, 0.3) is 0 Å². The third-order valence-corrected chi connectivity index (χ3v) is 3.01. The monoisotopic (exact) mass is 249 g/mol. The molecule has 1 aromatic rings. The van der Waals surface area contributed by atoms with E-state index >= 15 is 0 Å². The molecule has 1 aliphatic heterocycles. The lowest BCUT2D eigenvalue weighted by Gasteiger charge is -2.20. The Kier molecular flexibility index (Phi) is 4.07. The summed E-state index contributed by atoms with van der Waals surface area (Å²) >= 11 is 0. The van der Waals surface area contributed by atoms with Crippen LogP contribution in [0.5, 0.6) is 11.5 Å². The fourth-order valence-electron chi connectivity index (χ4n) is 2.04. The molecule has 0 spiro atoms. The molecule has 0 fully saturated rings. The number of benzene rings is 1. The minimum atomic E-state index is 0.540. The zero-order valence-corrected chi connectivity index (χ0v) is 10.9. The van der Waals surface area contributed by atoms with Crippen LogP contribution in [-0.4, -0.2) is 24.1 Å². The Morgan fingerprint density at radius 2 is 2.33 bits per heavy atom. The minimum Gasteiger partial charge on any atom is -0.493 e. The van der Waals surface area contributed by atoms with Crippen LogP contribution in [0.15, 0.2) is 17.3 Å². The molecular weight excluding hydrogens is 230 g/mol. The molecule has 1 aromatic carbocycles. The molecule has 4 nitrogen and oxygen atoms in total. The Hall–Kier alpha value is -1.71. The van der Waals surface area contributed by atoms with Crippen molar-refractivity contribution in [2.75, 3.05) is 13.2 Å². The van der Waals surface area contributed by atoms with Crippen LogP contribution >= 0.6 is 0 Å². The molecule has 4 heteroatoms. The first-order valence-electron chi connectivity index (χ1n) is 6.37. The van der Waals surface area contributed by atoms with Crippen molar-refractivity contribution in [2.24, 2.45) is 5.16 Å². The highest BCUT2D eigenvalue weighted by molar-refractivity contribution is 6.01. The summed E-state index contributed by atoms with van der Waals surface area (Å²) in [6.45, 7) is 5.22. The Morgan fingerprint density at radius 3 is 3.06 bits per heavy atom. The zero-order chi connectivity index (χ0) is 13.0. The van der Waals surface area contributed by atoms with Crippen LogP contribution < -0.4 is 9.47 Å². The smallest absolute Gasteiger partial charge is 0.129 e. The van der Waals surface area contributed by atoms with E-state index in [1.54, 1.807) is 6.92 Å². The van der Waals surface area contributed by atoms with Crippen LogP contribution in [0.4, 0.5) is 0 Å². The number of aryl methyl sites for hydroxylation is 1. The summed E-state index contributed by atoms with van der Waals surface area (Å²) in [6, 6.07) is 3.92. The lowest BCUT2D eigenvalue weighted by atomic mass is 10.0. The normalized spacial score (nSPS) is 14.9. The molecule has 98 valence electrons. The van der Waals surface area contributed by atoms with Gasteiger partial charge < -0.3 is 14.7 Å². The van der Waals surface area contributed by atoms with Crippen molar-refractivity contribution in [3.05, 3.63) is 23.3 Å². The molecule has 1 heterocycles. The third kappa shape index (κ3) is 2.58. The lowest BCUT2D eigenvalue weighted by Crippen LogP contribution is -2.11. The number of rotatable bonds is 4. The maximum absolute atomic E-state index is 8.93. The van der Waals surface area contributed by atoms with E-state index in [0.717, 1.165) is 42.9 Å². The van der Waals surface area contributed by atoms with Crippen molar-refractivity contribution in [1.29, 1.82) is 0 Å². The fraction of sp³-hybridized carbons (Fsp3) is 0.500. The summed E-state index contributed by atoms with van der Waals surface area (Å²) in [7, 11) is 0. The molecule has 0 saturated carbocycles. The van der Waals surface area contributed by atoms with E-state index < -0.39 is 0 Å². The quantitative estimate of drug-likeness (QED) is 0.507. The maximum atomic E-state index is 8.93. The number of hydrogen-bond acceptors (Lipinski definition) is 4. The molecule has 2 rings (SSSR count). The SMILES string of the molecule is CCCOc1cc2c(cc1/C(C)=N/O)OCCC2. The second kappa shape index (κ2) is 5.76. The van der Waals surface area contributed by atoms with E-state index in [4.69, 9.17) is 14.7 Å². The molecule has 1 N–H and O–H groups in total. The van der Waals surface area contributed by atoms with Gasteiger partial charge in [0.05, 0.1) is 18.9 Å². The molecule has 0 aromatic heterocycles. The van der Waals surface area contributed by atoms with Gasteiger partial charge >= 0.3 is 0 Å². The first kappa shape index (κ1) is 12.7. The molecule has 0 saturated heterocycles. The fourth-order valence-corrected chi connectivity index (χ4v) is 2.04. The molecule has 1 aliphatic rings. The molecule has 0 amide bonds. The molecule has 0 bridgehead atoms. The Labute approximate surface area is 107 Å². The van der Waals surface area contributed by atoms with Gasteiger partial charge in [-0.05, 0) is 43.9 Å². The average molecular weight is 249 g/mol. The highest BCUT2D eigenvalue weighted by Gasteiger charge is 2.17. The largest absolute Gasteiger partial charge is 0.493 e. The van der Waals surface area contributed by atoms with Gasteiger partial charge in [0, 0.05) is 5.56 Å². The van der Waals surface area contributed by atoms with Crippen molar-refractivity contribution in [3.8, 4) is 11.5 Å². The van der Waals surface area contributed by atoms with Crippen LogP contribution in [-0.2, 0) is 6.42 Å². The van der Waals surface area contributed by atoms with E-state index in [9.17, 15) is 0 Å². The second-order valence-electron chi connectivity index (χ2n) is 4.44. The Bertz CT molecular complexity index is 455. The number of fused-ring (bicyclic) bond motifs is 1. The third-order valence-electron chi connectivity index (χ3n) is 3.01. The summed E-state index contributed by atoms with van der Waals surface area (Å²) < 4.78 is 11.4. The van der Waals surface area contributed by atoms with Crippen LogP contribution in [0.2, 0.25) is 0 Å². The molecule has 0 unspecified atom stereocenters.